The number of nitrogens with one attached hydrogen (secondary N) is 2. The molecule has 27 heavy (non-hydrogen) atoms. The zero-order chi connectivity index (χ0) is 18.8. The standard InChI is InChI=1S/C21H16BrN3O2/c22-16-12-10-15(11-13-16)20(26)24-25-19(14-6-2-1-3-7-14)23-18-9-5-4-8-17(18)21(25)27/h1-13,19,23H,(H,24,26)/t19-/m0/s1. The molecule has 134 valence electrons. The number of hydrazine groups is 1. The molecule has 3 aromatic carbocycles. The number of para-hydroxylation sites is 1. The predicted molar refractivity (Wildman–Crippen MR) is 107 cm³/mol. The summed E-state index contributed by atoms with van der Waals surface area (Å²) in [5, 5.41) is 4.69. The lowest BCUT2D eigenvalue weighted by Gasteiger charge is -2.37. The van der Waals surface area contributed by atoms with Crippen LogP contribution in [0.4, 0.5) is 5.69 Å². The predicted octanol–water partition coefficient (Wildman–Crippen LogP) is 4.36. The van der Waals surface area contributed by atoms with Gasteiger partial charge in [0.2, 0.25) is 0 Å². The van der Waals surface area contributed by atoms with E-state index in [1.807, 2.05) is 42.5 Å². The molecule has 0 aliphatic carbocycles. The average Bonchev–Trinajstić information content (AvgIpc) is 2.71. The van der Waals surface area contributed by atoms with Crippen LogP contribution in [0.3, 0.4) is 0 Å². The minimum absolute atomic E-state index is 0.260. The van der Waals surface area contributed by atoms with Crippen LogP contribution in [0.1, 0.15) is 32.4 Å². The van der Waals surface area contributed by atoms with E-state index >= 15 is 0 Å². The van der Waals surface area contributed by atoms with E-state index in [9.17, 15) is 9.59 Å². The SMILES string of the molecule is O=C(NN1C(=O)c2ccccc2N[C@@H]1c1ccccc1)c1ccc(Br)cc1. The summed E-state index contributed by atoms with van der Waals surface area (Å²) < 4.78 is 0.880. The maximum absolute atomic E-state index is 13.1. The van der Waals surface area contributed by atoms with E-state index in [1.54, 1.807) is 36.4 Å². The maximum atomic E-state index is 13.1. The van der Waals surface area contributed by atoms with E-state index in [4.69, 9.17) is 0 Å². The fourth-order valence-electron chi connectivity index (χ4n) is 3.01. The summed E-state index contributed by atoms with van der Waals surface area (Å²) in [6.07, 6.45) is -0.506. The third-order valence-electron chi connectivity index (χ3n) is 4.37. The van der Waals surface area contributed by atoms with E-state index in [1.165, 1.54) is 5.01 Å². The number of anilines is 1. The number of hydrogen-bond acceptors (Lipinski definition) is 3. The summed E-state index contributed by atoms with van der Waals surface area (Å²) in [6.45, 7) is 0. The highest BCUT2D eigenvalue weighted by Gasteiger charge is 2.34. The number of carbonyl (C=O) groups excluding carboxylic acids is 2. The van der Waals surface area contributed by atoms with Crippen molar-refractivity contribution in [3.63, 3.8) is 0 Å². The van der Waals surface area contributed by atoms with Crippen molar-refractivity contribution in [1.82, 2.24) is 10.4 Å². The van der Waals surface area contributed by atoms with Crippen LogP contribution in [-0.2, 0) is 0 Å². The van der Waals surface area contributed by atoms with E-state index in [0.717, 1.165) is 15.7 Å². The molecule has 2 amide bonds. The summed E-state index contributed by atoms with van der Waals surface area (Å²) >= 11 is 3.35. The Morgan fingerprint density at radius 3 is 2.33 bits per heavy atom. The molecule has 5 nitrogen and oxygen atoms in total. The molecule has 0 saturated heterocycles. The van der Waals surface area contributed by atoms with Gasteiger partial charge in [-0.15, -0.1) is 0 Å². The molecule has 1 atom stereocenters. The molecule has 0 unspecified atom stereocenters. The van der Waals surface area contributed by atoms with Gasteiger partial charge in [0.1, 0.15) is 6.17 Å². The molecule has 0 bridgehead atoms. The number of hydrogen-bond donors (Lipinski definition) is 2. The minimum atomic E-state index is -0.506. The van der Waals surface area contributed by atoms with Gasteiger partial charge < -0.3 is 5.32 Å². The Bertz CT molecular complexity index is 990. The van der Waals surface area contributed by atoms with Crippen LogP contribution in [0.5, 0.6) is 0 Å². The zero-order valence-corrected chi connectivity index (χ0v) is 15.8. The van der Waals surface area contributed by atoms with Crippen LogP contribution >= 0.6 is 15.9 Å². The number of halogens is 1. The lowest BCUT2D eigenvalue weighted by Crippen LogP contribution is -2.52. The Kier molecular flexibility index (Phi) is 4.64. The van der Waals surface area contributed by atoms with Crippen molar-refractivity contribution in [3.05, 3.63) is 100 Å². The summed E-state index contributed by atoms with van der Waals surface area (Å²) in [7, 11) is 0. The Balaban J connectivity index is 1.69. The van der Waals surface area contributed by atoms with Crippen LogP contribution in [0.2, 0.25) is 0 Å². The molecule has 0 aromatic heterocycles. The van der Waals surface area contributed by atoms with Crippen LogP contribution in [-0.4, -0.2) is 16.8 Å². The van der Waals surface area contributed by atoms with Gasteiger partial charge in [-0.05, 0) is 42.0 Å². The van der Waals surface area contributed by atoms with E-state index in [2.05, 4.69) is 26.7 Å². The molecule has 0 saturated carbocycles. The van der Waals surface area contributed by atoms with Crippen LogP contribution in [0.15, 0.2) is 83.3 Å². The van der Waals surface area contributed by atoms with Crippen molar-refractivity contribution in [3.8, 4) is 0 Å². The molecule has 4 rings (SSSR count). The first-order valence-corrected chi connectivity index (χ1v) is 9.23. The highest BCUT2D eigenvalue weighted by atomic mass is 79.9. The first-order chi connectivity index (χ1) is 13.1. The molecule has 0 radical (unpaired) electrons. The Labute approximate surface area is 165 Å². The highest BCUT2D eigenvalue weighted by Crippen LogP contribution is 2.31. The number of nitrogens with zero attached hydrogens (tertiary/aromatic N) is 1. The van der Waals surface area contributed by atoms with E-state index in [-0.39, 0.29) is 11.8 Å². The Hall–Kier alpha value is -3.12. The Morgan fingerprint density at radius 2 is 1.59 bits per heavy atom. The van der Waals surface area contributed by atoms with Gasteiger partial charge in [0.05, 0.1) is 5.56 Å². The molecule has 2 N–H and O–H groups in total. The number of fused-ring (bicyclic) bond motifs is 1. The van der Waals surface area contributed by atoms with E-state index < -0.39 is 6.17 Å². The fraction of sp³-hybridized carbons (Fsp3) is 0.0476. The van der Waals surface area contributed by atoms with Gasteiger partial charge in [0, 0.05) is 15.7 Å². The molecule has 0 spiro atoms. The second-order valence-corrected chi connectivity index (χ2v) is 7.04. The maximum Gasteiger partial charge on any atom is 0.276 e. The zero-order valence-electron chi connectivity index (χ0n) is 14.2. The van der Waals surface area contributed by atoms with Crippen molar-refractivity contribution in [2.75, 3.05) is 5.32 Å². The lowest BCUT2D eigenvalue weighted by molar-refractivity contribution is 0.0491. The van der Waals surface area contributed by atoms with Gasteiger partial charge in [-0.1, -0.05) is 58.4 Å². The quantitative estimate of drug-likeness (QED) is 0.660. The highest BCUT2D eigenvalue weighted by molar-refractivity contribution is 9.10. The van der Waals surface area contributed by atoms with Gasteiger partial charge in [0.15, 0.2) is 0 Å². The van der Waals surface area contributed by atoms with Gasteiger partial charge in [0.25, 0.3) is 11.8 Å². The molecule has 3 aromatic rings. The van der Waals surface area contributed by atoms with Gasteiger partial charge >= 0.3 is 0 Å². The van der Waals surface area contributed by atoms with Crippen molar-refractivity contribution in [1.29, 1.82) is 0 Å². The number of benzene rings is 3. The first-order valence-electron chi connectivity index (χ1n) is 8.44. The monoisotopic (exact) mass is 421 g/mol. The molecule has 1 heterocycles. The smallest absolute Gasteiger partial charge is 0.276 e. The van der Waals surface area contributed by atoms with Crippen LogP contribution < -0.4 is 10.7 Å². The molecule has 1 aliphatic heterocycles. The molecule has 1 aliphatic rings. The number of carbonyl (C=O) groups is 2. The first kappa shape index (κ1) is 17.3. The van der Waals surface area contributed by atoms with Gasteiger partial charge in [-0.25, -0.2) is 5.01 Å². The second-order valence-electron chi connectivity index (χ2n) is 6.13. The van der Waals surface area contributed by atoms with Gasteiger partial charge in [-0.3, -0.25) is 15.0 Å². The third kappa shape index (κ3) is 3.44. The largest absolute Gasteiger partial charge is 0.359 e. The molecular weight excluding hydrogens is 406 g/mol. The summed E-state index contributed by atoms with van der Waals surface area (Å²) in [5.41, 5.74) is 5.36. The fourth-order valence-corrected chi connectivity index (χ4v) is 3.28. The van der Waals surface area contributed by atoms with Gasteiger partial charge in [-0.2, -0.15) is 0 Å². The van der Waals surface area contributed by atoms with Crippen molar-refractivity contribution >= 4 is 33.4 Å². The lowest BCUT2D eigenvalue weighted by atomic mass is 10.0. The molecule has 6 heteroatoms. The average molecular weight is 422 g/mol. The van der Waals surface area contributed by atoms with Crippen LogP contribution in [0, 0.1) is 0 Å². The topological polar surface area (TPSA) is 61.4 Å². The molecule has 0 fully saturated rings. The van der Waals surface area contributed by atoms with E-state index in [0.29, 0.717) is 11.1 Å². The normalized spacial score (nSPS) is 15.7. The number of rotatable bonds is 3. The third-order valence-corrected chi connectivity index (χ3v) is 4.90. The second kappa shape index (κ2) is 7.25. The van der Waals surface area contributed by atoms with Crippen molar-refractivity contribution in [2.45, 2.75) is 6.17 Å². The minimum Gasteiger partial charge on any atom is -0.359 e. The van der Waals surface area contributed by atoms with Crippen molar-refractivity contribution < 1.29 is 9.59 Å². The van der Waals surface area contributed by atoms with Crippen LogP contribution in [0.25, 0.3) is 0 Å². The summed E-state index contributed by atoms with van der Waals surface area (Å²) in [4.78, 5) is 25.8. The Morgan fingerprint density at radius 1 is 0.926 bits per heavy atom. The summed E-state index contributed by atoms with van der Waals surface area (Å²) in [6, 6.07) is 23.8. The van der Waals surface area contributed by atoms with Crippen molar-refractivity contribution in [2.24, 2.45) is 0 Å². The molecular formula is C21H16BrN3O2. The summed E-state index contributed by atoms with van der Waals surface area (Å²) in [5.74, 6) is -0.610. The number of amides is 2.